The fourth-order valence-corrected chi connectivity index (χ4v) is 3.37. The number of nitrogens with one attached hydrogen (secondary N) is 1. The minimum Gasteiger partial charge on any atom is -0.481 e. The number of rotatable bonds is 8. The van der Waals surface area contributed by atoms with Gasteiger partial charge in [0.15, 0.2) is 6.10 Å². The smallest absolute Gasteiger partial charge is 0.260 e. The minimum absolute atomic E-state index is 0.0702. The van der Waals surface area contributed by atoms with Crippen molar-refractivity contribution in [3.8, 4) is 5.75 Å². The first-order valence-corrected chi connectivity index (χ1v) is 9.76. The molecule has 4 nitrogen and oxygen atoms in total. The highest BCUT2D eigenvalue weighted by atomic mass is 35.5. The number of nitrogens with zero attached hydrogens (tertiary/aromatic N) is 1. The molecule has 0 aliphatic carbocycles. The van der Waals surface area contributed by atoms with Gasteiger partial charge in [-0.15, -0.1) is 0 Å². The number of benzene rings is 1. The Balaban J connectivity index is 1.61. The van der Waals surface area contributed by atoms with Gasteiger partial charge in [-0.05, 0) is 82.3 Å². The molecule has 1 aromatic carbocycles. The second kappa shape index (κ2) is 10.0. The molecule has 1 N–H and O–H groups in total. The Morgan fingerprint density at radius 3 is 2.96 bits per heavy atom. The lowest BCUT2D eigenvalue weighted by Gasteiger charge is -2.30. The summed E-state index contributed by atoms with van der Waals surface area (Å²) in [5, 5.41) is 3.67. The molecule has 1 aliphatic heterocycles. The second-order valence-corrected chi connectivity index (χ2v) is 7.62. The maximum Gasteiger partial charge on any atom is 0.260 e. The fraction of sp³-hybridized carbons (Fsp3) is 0.650. The van der Waals surface area contributed by atoms with Crippen LogP contribution in [0.4, 0.5) is 0 Å². The maximum absolute atomic E-state index is 12.1. The van der Waals surface area contributed by atoms with Crippen LogP contribution >= 0.6 is 11.6 Å². The summed E-state index contributed by atoms with van der Waals surface area (Å²) in [7, 11) is 0. The Bertz CT molecular complexity index is 565. The Morgan fingerprint density at radius 2 is 2.24 bits per heavy atom. The van der Waals surface area contributed by atoms with Gasteiger partial charge >= 0.3 is 0 Å². The van der Waals surface area contributed by atoms with E-state index in [0.29, 0.717) is 17.3 Å². The van der Waals surface area contributed by atoms with Crippen molar-refractivity contribution in [2.24, 2.45) is 5.92 Å². The molecule has 1 fully saturated rings. The summed E-state index contributed by atoms with van der Waals surface area (Å²) in [5.41, 5.74) is 0.943. The zero-order valence-corrected chi connectivity index (χ0v) is 16.4. The molecule has 1 aromatic rings. The number of carbonyl (C=O) groups is 1. The van der Waals surface area contributed by atoms with Gasteiger partial charge in [-0.2, -0.15) is 0 Å². The van der Waals surface area contributed by atoms with E-state index in [0.717, 1.165) is 30.9 Å². The van der Waals surface area contributed by atoms with E-state index in [1.54, 1.807) is 19.1 Å². The summed E-state index contributed by atoms with van der Waals surface area (Å²) in [4.78, 5) is 14.7. The van der Waals surface area contributed by atoms with Crippen LogP contribution in [0, 0.1) is 12.8 Å². The number of aryl methyl sites for hydroxylation is 1. The van der Waals surface area contributed by atoms with Crippen molar-refractivity contribution >= 4 is 17.5 Å². The van der Waals surface area contributed by atoms with E-state index >= 15 is 0 Å². The fourth-order valence-electron chi connectivity index (χ4n) is 3.25. The number of amides is 1. The largest absolute Gasteiger partial charge is 0.481 e. The van der Waals surface area contributed by atoms with Gasteiger partial charge in [-0.3, -0.25) is 4.79 Å². The third-order valence-corrected chi connectivity index (χ3v) is 5.18. The van der Waals surface area contributed by atoms with Crippen molar-refractivity contribution in [2.45, 2.75) is 52.6 Å². The van der Waals surface area contributed by atoms with Gasteiger partial charge < -0.3 is 15.0 Å². The maximum atomic E-state index is 12.1. The first-order valence-electron chi connectivity index (χ1n) is 9.38. The molecule has 0 aromatic heterocycles. The van der Waals surface area contributed by atoms with Crippen LogP contribution in [0.5, 0.6) is 5.75 Å². The molecule has 0 bridgehead atoms. The molecule has 2 atom stereocenters. The average molecular weight is 367 g/mol. The number of carbonyl (C=O) groups excluding carboxylic acids is 1. The number of hydrogen-bond acceptors (Lipinski definition) is 3. The number of piperidine rings is 1. The third kappa shape index (κ3) is 6.87. The molecule has 1 aliphatic rings. The second-order valence-electron chi connectivity index (χ2n) is 7.22. The van der Waals surface area contributed by atoms with Crippen molar-refractivity contribution in [3.05, 3.63) is 28.8 Å². The highest BCUT2D eigenvalue weighted by molar-refractivity contribution is 6.31. The number of unbranched alkanes of at least 4 members (excludes halogenated alkanes) is 1. The van der Waals surface area contributed by atoms with Gasteiger partial charge in [0.1, 0.15) is 5.75 Å². The predicted octanol–water partition coefficient (Wildman–Crippen LogP) is 4.04. The lowest BCUT2D eigenvalue weighted by molar-refractivity contribution is -0.127. The molecule has 1 heterocycles. The van der Waals surface area contributed by atoms with Crippen LogP contribution in [-0.2, 0) is 4.79 Å². The molecule has 1 amide bonds. The van der Waals surface area contributed by atoms with Crippen LogP contribution in [0.25, 0.3) is 0 Å². The van der Waals surface area contributed by atoms with E-state index in [4.69, 9.17) is 16.3 Å². The summed E-state index contributed by atoms with van der Waals surface area (Å²) in [6.45, 7) is 10.3. The van der Waals surface area contributed by atoms with Crippen molar-refractivity contribution in [3.63, 3.8) is 0 Å². The van der Waals surface area contributed by atoms with Crippen LogP contribution in [0.15, 0.2) is 18.2 Å². The lowest BCUT2D eigenvalue weighted by atomic mass is 10.0. The number of ether oxygens (including phenoxy) is 1. The molecule has 140 valence electrons. The standard InChI is InChI=1S/C20H31ClN2O2/c1-15-7-6-12-23(14-15)11-5-4-10-22-20(24)17(3)25-18-8-9-19(21)16(2)13-18/h8-9,13,15,17H,4-7,10-12,14H2,1-3H3,(H,22,24). The van der Waals surface area contributed by atoms with Gasteiger partial charge in [0.25, 0.3) is 5.91 Å². The van der Waals surface area contributed by atoms with E-state index in [-0.39, 0.29) is 5.91 Å². The van der Waals surface area contributed by atoms with Gasteiger partial charge in [0.2, 0.25) is 0 Å². The van der Waals surface area contributed by atoms with Gasteiger partial charge in [0, 0.05) is 18.1 Å². The van der Waals surface area contributed by atoms with Crippen molar-refractivity contribution in [2.75, 3.05) is 26.2 Å². The molecule has 1 saturated heterocycles. The van der Waals surface area contributed by atoms with E-state index in [2.05, 4.69) is 17.1 Å². The van der Waals surface area contributed by atoms with Crippen molar-refractivity contribution in [1.29, 1.82) is 0 Å². The van der Waals surface area contributed by atoms with Crippen LogP contribution in [-0.4, -0.2) is 43.1 Å². The van der Waals surface area contributed by atoms with E-state index in [1.807, 2.05) is 13.0 Å². The molecular formula is C20H31ClN2O2. The van der Waals surface area contributed by atoms with E-state index in [9.17, 15) is 4.79 Å². The molecule has 0 saturated carbocycles. The minimum atomic E-state index is -0.511. The average Bonchev–Trinajstić information content (AvgIpc) is 2.57. The summed E-state index contributed by atoms with van der Waals surface area (Å²) in [6, 6.07) is 5.43. The SMILES string of the molecule is Cc1cc(OC(C)C(=O)NCCCCN2CCCC(C)C2)ccc1Cl. The highest BCUT2D eigenvalue weighted by Crippen LogP contribution is 2.22. The van der Waals surface area contributed by atoms with Crippen LogP contribution in [0.3, 0.4) is 0 Å². The Morgan fingerprint density at radius 1 is 1.44 bits per heavy atom. The summed E-state index contributed by atoms with van der Waals surface area (Å²) in [6.07, 6.45) is 4.29. The highest BCUT2D eigenvalue weighted by Gasteiger charge is 2.16. The van der Waals surface area contributed by atoms with Gasteiger partial charge in [-0.25, -0.2) is 0 Å². The van der Waals surface area contributed by atoms with E-state index in [1.165, 1.54) is 25.9 Å². The van der Waals surface area contributed by atoms with Crippen molar-refractivity contribution < 1.29 is 9.53 Å². The van der Waals surface area contributed by atoms with Crippen LogP contribution < -0.4 is 10.1 Å². The molecule has 2 rings (SSSR count). The predicted molar refractivity (Wildman–Crippen MR) is 103 cm³/mol. The van der Waals surface area contributed by atoms with Crippen LogP contribution in [0.2, 0.25) is 5.02 Å². The zero-order chi connectivity index (χ0) is 18.2. The first kappa shape index (κ1) is 20.1. The van der Waals surface area contributed by atoms with Gasteiger partial charge in [-0.1, -0.05) is 18.5 Å². The van der Waals surface area contributed by atoms with Crippen molar-refractivity contribution in [1.82, 2.24) is 10.2 Å². The zero-order valence-electron chi connectivity index (χ0n) is 15.7. The van der Waals surface area contributed by atoms with Crippen LogP contribution in [0.1, 0.15) is 45.1 Å². The topological polar surface area (TPSA) is 41.6 Å². The summed E-state index contributed by atoms with van der Waals surface area (Å²) in [5.74, 6) is 1.42. The quantitative estimate of drug-likeness (QED) is 0.706. The monoisotopic (exact) mass is 366 g/mol. The van der Waals surface area contributed by atoms with Gasteiger partial charge in [0.05, 0.1) is 0 Å². The number of hydrogen-bond donors (Lipinski definition) is 1. The summed E-state index contributed by atoms with van der Waals surface area (Å²) >= 11 is 6.00. The molecule has 2 unspecified atom stereocenters. The summed E-state index contributed by atoms with van der Waals surface area (Å²) < 4.78 is 5.70. The molecular weight excluding hydrogens is 336 g/mol. The Labute approximate surface area is 156 Å². The Kier molecular flexibility index (Phi) is 8.04. The molecule has 0 spiro atoms. The molecule has 5 heteroatoms. The molecule has 25 heavy (non-hydrogen) atoms. The lowest BCUT2D eigenvalue weighted by Crippen LogP contribution is -2.37. The normalized spacial score (nSPS) is 19.4. The third-order valence-electron chi connectivity index (χ3n) is 4.75. The van der Waals surface area contributed by atoms with E-state index < -0.39 is 6.10 Å². The molecule has 0 radical (unpaired) electrons. The Hall–Kier alpha value is -1.26. The first-order chi connectivity index (χ1) is 12.0. The number of halogens is 1. The number of likely N-dealkylation sites (tertiary alicyclic amines) is 1.